The minimum absolute atomic E-state index is 0.848. The van der Waals surface area contributed by atoms with E-state index in [0.29, 0.717) is 0 Å². The lowest BCUT2D eigenvalue weighted by molar-refractivity contribution is 1.47. The standard InChI is InChI=1S/C7H5NS2.C2H3N/c9-7-8-5-3-1-2-4-6(5)10-7;1-2-3/h1-4H,(H,8,9);1H3. The largest absolute Gasteiger partial charge is 0.337 e. The summed E-state index contributed by atoms with van der Waals surface area (Å²) in [7, 11) is 0. The maximum absolute atomic E-state index is 7.32. The van der Waals surface area contributed by atoms with Crippen LogP contribution < -0.4 is 0 Å². The molecule has 1 heterocycles. The zero-order valence-corrected chi connectivity index (χ0v) is 8.71. The third-order valence-electron chi connectivity index (χ3n) is 1.33. The Morgan fingerprint density at radius 3 is 2.69 bits per heavy atom. The smallest absolute Gasteiger partial charge is 0.159 e. The summed E-state index contributed by atoms with van der Waals surface area (Å²) in [5, 5.41) is 7.32. The van der Waals surface area contributed by atoms with Crippen LogP contribution in [0.25, 0.3) is 10.2 Å². The Hall–Kier alpha value is -1.18. The van der Waals surface area contributed by atoms with Crippen molar-refractivity contribution < 1.29 is 0 Å². The molecule has 2 aromatic rings. The van der Waals surface area contributed by atoms with Gasteiger partial charge in [0, 0.05) is 6.92 Å². The van der Waals surface area contributed by atoms with Gasteiger partial charge in [0.05, 0.1) is 16.3 Å². The fraction of sp³-hybridized carbons (Fsp3) is 0.111. The molecule has 1 aromatic carbocycles. The number of nitriles is 1. The molecule has 13 heavy (non-hydrogen) atoms. The Balaban J connectivity index is 0.000000251. The summed E-state index contributed by atoms with van der Waals surface area (Å²) in [4.78, 5) is 3.09. The number of hydrogen-bond acceptors (Lipinski definition) is 3. The third kappa shape index (κ3) is 2.65. The van der Waals surface area contributed by atoms with Gasteiger partial charge in [-0.2, -0.15) is 5.26 Å². The Morgan fingerprint density at radius 1 is 1.46 bits per heavy atom. The topological polar surface area (TPSA) is 39.6 Å². The number of H-pyrrole nitrogens is 1. The number of aromatic amines is 1. The Bertz CT molecular complexity index is 440. The summed E-state index contributed by atoms with van der Waals surface area (Å²) in [6.45, 7) is 1.43. The molecule has 0 aliphatic carbocycles. The van der Waals surface area contributed by atoms with Crippen molar-refractivity contribution in [2.45, 2.75) is 6.92 Å². The molecule has 0 aliphatic heterocycles. The van der Waals surface area contributed by atoms with Crippen LogP contribution in [0.2, 0.25) is 0 Å². The van der Waals surface area contributed by atoms with Gasteiger partial charge >= 0.3 is 0 Å². The van der Waals surface area contributed by atoms with E-state index in [4.69, 9.17) is 17.5 Å². The monoisotopic (exact) mass is 208 g/mol. The third-order valence-corrected chi connectivity index (χ3v) is 2.54. The average molecular weight is 208 g/mol. The summed E-state index contributed by atoms with van der Waals surface area (Å²) >= 11 is 6.59. The molecule has 4 heteroatoms. The van der Waals surface area contributed by atoms with Crippen LogP contribution in [0.3, 0.4) is 0 Å². The van der Waals surface area contributed by atoms with E-state index in [1.807, 2.05) is 18.2 Å². The van der Waals surface area contributed by atoms with Crippen molar-refractivity contribution in [3.63, 3.8) is 0 Å². The molecule has 2 nitrogen and oxygen atoms in total. The van der Waals surface area contributed by atoms with Gasteiger partial charge in [0.15, 0.2) is 3.95 Å². The summed E-state index contributed by atoms with van der Waals surface area (Å²) in [6, 6.07) is 9.86. The molecule has 0 bridgehead atoms. The highest BCUT2D eigenvalue weighted by molar-refractivity contribution is 7.73. The van der Waals surface area contributed by atoms with Crippen LogP contribution in [-0.2, 0) is 0 Å². The second-order valence-electron chi connectivity index (χ2n) is 2.23. The highest BCUT2D eigenvalue weighted by atomic mass is 32.1. The molecular formula is C9H8N2S2. The second kappa shape index (κ2) is 4.75. The molecule has 0 radical (unpaired) electrons. The zero-order valence-electron chi connectivity index (χ0n) is 7.07. The first-order chi connectivity index (χ1) is 6.27. The summed E-state index contributed by atoms with van der Waals surface area (Å²) < 4.78 is 2.08. The van der Waals surface area contributed by atoms with Crippen molar-refractivity contribution in [1.29, 1.82) is 5.26 Å². The molecule has 0 unspecified atom stereocenters. The van der Waals surface area contributed by atoms with Crippen LogP contribution in [0.1, 0.15) is 6.92 Å². The van der Waals surface area contributed by atoms with Crippen LogP contribution in [0.4, 0.5) is 0 Å². The van der Waals surface area contributed by atoms with E-state index in [2.05, 4.69) is 11.1 Å². The number of benzene rings is 1. The summed E-state index contributed by atoms with van der Waals surface area (Å²) in [5.41, 5.74) is 1.14. The predicted octanol–water partition coefficient (Wildman–Crippen LogP) is 3.49. The van der Waals surface area contributed by atoms with Crippen molar-refractivity contribution in [2.24, 2.45) is 0 Å². The maximum Gasteiger partial charge on any atom is 0.159 e. The molecule has 0 aliphatic rings. The minimum atomic E-state index is 0.848. The molecule has 0 saturated heterocycles. The van der Waals surface area contributed by atoms with Crippen LogP contribution in [-0.4, -0.2) is 4.98 Å². The van der Waals surface area contributed by atoms with Gasteiger partial charge < -0.3 is 4.98 Å². The van der Waals surface area contributed by atoms with Crippen molar-refractivity contribution in [3.8, 4) is 6.07 Å². The van der Waals surface area contributed by atoms with Gasteiger partial charge in [0.2, 0.25) is 0 Å². The molecule has 1 N–H and O–H groups in total. The fourth-order valence-electron chi connectivity index (χ4n) is 0.894. The van der Waals surface area contributed by atoms with E-state index in [9.17, 15) is 0 Å². The Morgan fingerprint density at radius 2 is 2.08 bits per heavy atom. The van der Waals surface area contributed by atoms with Gasteiger partial charge in [-0.25, -0.2) is 0 Å². The highest BCUT2D eigenvalue weighted by Gasteiger charge is 1.91. The fourth-order valence-corrected chi connectivity index (χ4v) is 2.01. The first-order valence-electron chi connectivity index (χ1n) is 3.66. The number of aromatic nitrogens is 1. The number of thiazole rings is 1. The average Bonchev–Trinajstić information content (AvgIpc) is 2.45. The van der Waals surface area contributed by atoms with Crippen LogP contribution in [0, 0.1) is 15.3 Å². The lowest BCUT2D eigenvalue weighted by Gasteiger charge is -1.81. The van der Waals surface area contributed by atoms with Gasteiger partial charge in [0.25, 0.3) is 0 Å². The minimum Gasteiger partial charge on any atom is -0.337 e. The number of fused-ring (bicyclic) bond motifs is 1. The normalized spacial score (nSPS) is 8.62. The lowest BCUT2D eigenvalue weighted by Crippen LogP contribution is -1.62. The highest BCUT2D eigenvalue weighted by Crippen LogP contribution is 2.17. The number of rotatable bonds is 0. The van der Waals surface area contributed by atoms with Gasteiger partial charge in [-0.15, -0.1) is 11.3 Å². The summed E-state index contributed by atoms with van der Waals surface area (Å²) in [6.07, 6.45) is 0. The van der Waals surface area contributed by atoms with Crippen molar-refractivity contribution in [2.75, 3.05) is 0 Å². The first kappa shape index (κ1) is 9.90. The molecular weight excluding hydrogens is 200 g/mol. The van der Waals surface area contributed by atoms with E-state index in [1.54, 1.807) is 17.4 Å². The molecule has 0 saturated carbocycles. The lowest BCUT2D eigenvalue weighted by atomic mass is 10.3. The SMILES string of the molecule is CC#N.S=c1[nH]c2ccccc2s1. The van der Waals surface area contributed by atoms with Crippen LogP contribution in [0.15, 0.2) is 24.3 Å². The first-order valence-corrected chi connectivity index (χ1v) is 4.89. The van der Waals surface area contributed by atoms with Crippen LogP contribution >= 0.6 is 23.6 Å². The molecule has 66 valence electrons. The molecule has 0 atom stereocenters. The molecule has 0 amide bonds. The predicted molar refractivity (Wildman–Crippen MR) is 58.3 cm³/mol. The molecule has 0 spiro atoms. The molecule has 2 rings (SSSR count). The van der Waals surface area contributed by atoms with Gasteiger partial charge in [-0.05, 0) is 24.4 Å². The van der Waals surface area contributed by atoms with E-state index in [-0.39, 0.29) is 0 Å². The number of hydrogen-bond donors (Lipinski definition) is 1. The quantitative estimate of drug-likeness (QED) is 0.673. The maximum atomic E-state index is 7.32. The van der Waals surface area contributed by atoms with E-state index in [1.165, 1.54) is 11.6 Å². The van der Waals surface area contributed by atoms with Crippen molar-refractivity contribution >= 4 is 33.8 Å². The van der Waals surface area contributed by atoms with E-state index in [0.717, 1.165) is 9.47 Å². The van der Waals surface area contributed by atoms with E-state index < -0.39 is 0 Å². The zero-order chi connectivity index (χ0) is 9.68. The van der Waals surface area contributed by atoms with Gasteiger partial charge in [-0.3, -0.25) is 0 Å². The van der Waals surface area contributed by atoms with Crippen LogP contribution in [0.5, 0.6) is 0 Å². The Kier molecular flexibility index (Phi) is 3.62. The van der Waals surface area contributed by atoms with Crippen molar-refractivity contribution in [1.82, 2.24) is 4.98 Å². The number of nitrogens with zero attached hydrogens (tertiary/aromatic N) is 1. The Labute approximate surface area is 85.5 Å². The van der Waals surface area contributed by atoms with Crippen molar-refractivity contribution in [3.05, 3.63) is 28.2 Å². The second-order valence-corrected chi connectivity index (χ2v) is 3.95. The van der Waals surface area contributed by atoms with Gasteiger partial charge in [-0.1, -0.05) is 12.1 Å². The summed E-state index contributed by atoms with van der Waals surface area (Å²) in [5.74, 6) is 0. The molecule has 1 aromatic heterocycles. The molecule has 0 fully saturated rings. The van der Waals surface area contributed by atoms with E-state index >= 15 is 0 Å². The number of nitrogens with one attached hydrogen (secondary N) is 1. The number of para-hydroxylation sites is 1. The van der Waals surface area contributed by atoms with Gasteiger partial charge in [0.1, 0.15) is 0 Å².